The number of amides is 1. The highest BCUT2D eigenvalue weighted by atomic mass is 19.4. The Morgan fingerprint density at radius 2 is 1.67 bits per heavy atom. The summed E-state index contributed by atoms with van der Waals surface area (Å²) in [4.78, 5) is 12.3. The molecule has 0 bridgehead atoms. The molecule has 24 heavy (non-hydrogen) atoms. The molecule has 1 atom stereocenters. The molecule has 2 aromatic rings. The zero-order valence-corrected chi connectivity index (χ0v) is 13.4. The van der Waals surface area contributed by atoms with Crippen LogP contribution in [0.1, 0.15) is 40.9 Å². The zero-order chi connectivity index (χ0) is 17.7. The van der Waals surface area contributed by atoms with Crippen molar-refractivity contribution >= 4 is 5.91 Å². The van der Waals surface area contributed by atoms with Crippen molar-refractivity contribution in [3.63, 3.8) is 0 Å². The molecule has 3 nitrogen and oxygen atoms in total. The highest BCUT2D eigenvalue weighted by molar-refractivity contribution is 5.94. The minimum Gasteiger partial charge on any atom is -0.497 e. The van der Waals surface area contributed by atoms with Crippen molar-refractivity contribution in [1.82, 2.24) is 5.32 Å². The number of halogens is 3. The van der Waals surface area contributed by atoms with Gasteiger partial charge in [0.15, 0.2) is 0 Å². The molecule has 6 heteroatoms. The first-order valence-corrected chi connectivity index (χ1v) is 7.47. The summed E-state index contributed by atoms with van der Waals surface area (Å²) in [6.45, 7) is 1.92. The number of rotatable bonds is 5. The average Bonchev–Trinajstić information content (AvgIpc) is 2.59. The number of methoxy groups -OCH3 is 1. The van der Waals surface area contributed by atoms with Gasteiger partial charge in [0.05, 0.1) is 18.7 Å². The topological polar surface area (TPSA) is 38.3 Å². The molecule has 1 N–H and O–H groups in total. The van der Waals surface area contributed by atoms with Crippen molar-refractivity contribution in [2.24, 2.45) is 0 Å². The first-order valence-electron chi connectivity index (χ1n) is 7.47. The van der Waals surface area contributed by atoms with Gasteiger partial charge in [-0.3, -0.25) is 4.79 Å². The molecule has 0 radical (unpaired) electrons. The maximum Gasteiger partial charge on any atom is 0.416 e. The van der Waals surface area contributed by atoms with Crippen molar-refractivity contribution < 1.29 is 22.7 Å². The first-order chi connectivity index (χ1) is 11.3. The fourth-order valence-corrected chi connectivity index (χ4v) is 2.31. The van der Waals surface area contributed by atoms with Crippen LogP contribution in [0.25, 0.3) is 0 Å². The van der Waals surface area contributed by atoms with Crippen LogP contribution in [-0.2, 0) is 6.18 Å². The van der Waals surface area contributed by atoms with Gasteiger partial charge in [0.2, 0.25) is 0 Å². The second-order valence-corrected chi connectivity index (χ2v) is 5.28. The normalized spacial score (nSPS) is 12.5. The summed E-state index contributed by atoms with van der Waals surface area (Å²) < 4.78 is 42.8. The monoisotopic (exact) mass is 337 g/mol. The van der Waals surface area contributed by atoms with E-state index in [0.717, 1.165) is 17.7 Å². The number of hydrogen-bond acceptors (Lipinski definition) is 2. The highest BCUT2D eigenvalue weighted by Crippen LogP contribution is 2.29. The molecule has 0 fully saturated rings. The molecular weight excluding hydrogens is 319 g/mol. The molecule has 2 aromatic carbocycles. The molecule has 2 rings (SSSR count). The summed E-state index contributed by atoms with van der Waals surface area (Å²) in [5, 5.41) is 2.83. The highest BCUT2D eigenvalue weighted by Gasteiger charge is 2.30. The Bertz CT molecular complexity index is 679. The van der Waals surface area contributed by atoms with Gasteiger partial charge in [-0.05, 0) is 48.4 Å². The Morgan fingerprint density at radius 1 is 1.08 bits per heavy atom. The van der Waals surface area contributed by atoms with E-state index in [1.807, 2.05) is 19.1 Å². The van der Waals surface area contributed by atoms with Gasteiger partial charge < -0.3 is 10.1 Å². The Morgan fingerprint density at radius 3 is 2.12 bits per heavy atom. The number of hydrogen-bond donors (Lipinski definition) is 1. The van der Waals surface area contributed by atoms with Gasteiger partial charge in [0.25, 0.3) is 5.91 Å². The molecule has 0 aliphatic heterocycles. The van der Waals surface area contributed by atoms with Crippen LogP contribution in [-0.4, -0.2) is 13.0 Å². The fourth-order valence-electron chi connectivity index (χ4n) is 2.31. The average molecular weight is 337 g/mol. The van der Waals surface area contributed by atoms with Crippen molar-refractivity contribution in [2.75, 3.05) is 7.11 Å². The number of benzene rings is 2. The van der Waals surface area contributed by atoms with Crippen LogP contribution in [0.2, 0.25) is 0 Å². The summed E-state index contributed by atoms with van der Waals surface area (Å²) in [7, 11) is 1.57. The standard InChI is InChI=1S/C18H18F3NO2/c1-3-16(12-6-10-15(24-2)11-7-12)22-17(23)13-4-8-14(9-5-13)18(19,20)21/h4-11,16H,3H2,1-2H3,(H,22,23). The van der Waals surface area contributed by atoms with Crippen LogP contribution in [0, 0.1) is 0 Å². The Hall–Kier alpha value is -2.50. The fraction of sp³-hybridized carbons (Fsp3) is 0.278. The number of nitrogens with one attached hydrogen (secondary N) is 1. The minimum atomic E-state index is -4.41. The van der Waals surface area contributed by atoms with E-state index >= 15 is 0 Å². The van der Waals surface area contributed by atoms with Gasteiger partial charge >= 0.3 is 6.18 Å². The Labute approximate surface area is 138 Å². The van der Waals surface area contributed by atoms with Crippen LogP contribution in [0.4, 0.5) is 13.2 Å². The van der Waals surface area contributed by atoms with Crippen LogP contribution in [0.5, 0.6) is 5.75 Å². The molecule has 1 unspecified atom stereocenters. The van der Waals surface area contributed by atoms with Gasteiger partial charge in [-0.15, -0.1) is 0 Å². The van der Waals surface area contributed by atoms with E-state index in [1.165, 1.54) is 12.1 Å². The molecular formula is C18H18F3NO2. The molecule has 0 spiro atoms. The Kier molecular flexibility index (Phi) is 5.49. The van der Waals surface area contributed by atoms with Crippen LogP contribution < -0.4 is 10.1 Å². The summed E-state index contributed by atoms with van der Waals surface area (Å²) in [5.74, 6) is 0.300. The summed E-state index contributed by atoms with van der Waals surface area (Å²) >= 11 is 0. The van der Waals surface area contributed by atoms with E-state index in [2.05, 4.69) is 5.32 Å². The van der Waals surface area contributed by atoms with E-state index < -0.39 is 17.6 Å². The third-order valence-electron chi connectivity index (χ3n) is 3.71. The van der Waals surface area contributed by atoms with Crippen molar-refractivity contribution in [2.45, 2.75) is 25.6 Å². The lowest BCUT2D eigenvalue weighted by Gasteiger charge is -2.18. The molecule has 0 saturated carbocycles. The minimum absolute atomic E-state index is 0.190. The van der Waals surface area contributed by atoms with E-state index in [4.69, 9.17) is 4.74 Å². The van der Waals surface area contributed by atoms with Gasteiger partial charge in [0, 0.05) is 5.56 Å². The van der Waals surface area contributed by atoms with Crippen LogP contribution in [0.3, 0.4) is 0 Å². The maximum absolute atomic E-state index is 12.6. The summed E-state index contributed by atoms with van der Waals surface area (Å²) in [5.41, 5.74) is 0.315. The van der Waals surface area contributed by atoms with Gasteiger partial charge in [-0.25, -0.2) is 0 Å². The van der Waals surface area contributed by atoms with E-state index in [-0.39, 0.29) is 11.6 Å². The van der Waals surface area contributed by atoms with Crippen LogP contribution >= 0.6 is 0 Å². The molecule has 128 valence electrons. The SMILES string of the molecule is CCC(NC(=O)c1ccc(C(F)(F)F)cc1)c1ccc(OC)cc1. The lowest BCUT2D eigenvalue weighted by Crippen LogP contribution is -2.28. The van der Waals surface area contributed by atoms with Crippen molar-refractivity contribution in [1.29, 1.82) is 0 Å². The largest absolute Gasteiger partial charge is 0.497 e. The third-order valence-corrected chi connectivity index (χ3v) is 3.71. The summed E-state index contributed by atoms with van der Waals surface area (Å²) in [6, 6.07) is 11.2. The van der Waals surface area contributed by atoms with Crippen LogP contribution in [0.15, 0.2) is 48.5 Å². The smallest absolute Gasteiger partial charge is 0.416 e. The first kappa shape index (κ1) is 17.8. The van der Waals surface area contributed by atoms with Gasteiger partial charge in [-0.2, -0.15) is 13.2 Å². The second-order valence-electron chi connectivity index (χ2n) is 5.28. The molecule has 0 aliphatic carbocycles. The predicted molar refractivity (Wildman–Crippen MR) is 84.9 cm³/mol. The lowest BCUT2D eigenvalue weighted by molar-refractivity contribution is -0.137. The Balaban J connectivity index is 2.11. The van der Waals surface area contributed by atoms with E-state index in [0.29, 0.717) is 12.2 Å². The van der Waals surface area contributed by atoms with Gasteiger partial charge in [0.1, 0.15) is 5.75 Å². The molecule has 0 saturated heterocycles. The number of carbonyl (C=O) groups excluding carboxylic acids is 1. The number of ether oxygens (including phenoxy) is 1. The van der Waals surface area contributed by atoms with Crippen molar-refractivity contribution in [3.05, 3.63) is 65.2 Å². The maximum atomic E-state index is 12.6. The third kappa shape index (κ3) is 4.28. The summed E-state index contributed by atoms with van der Waals surface area (Å²) in [6.07, 6.45) is -3.76. The lowest BCUT2D eigenvalue weighted by atomic mass is 10.0. The zero-order valence-electron chi connectivity index (χ0n) is 13.4. The molecule has 1 amide bonds. The quantitative estimate of drug-likeness (QED) is 0.866. The number of carbonyl (C=O) groups is 1. The van der Waals surface area contributed by atoms with Gasteiger partial charge in [-0.1, -0.05) is 19.1 Å². The molecule has 0 heterocycles. The predicted octanol–water partition coefficient (Wildman–Crippen LogP) is 4.60. The van der Waals surface area contributed by atoms with E-state index in [1.54, 1.807) is 19.2 Å². The number of alkyl halides is 3. The molecule has 0 aromatic heterocycles. The second kappa shape index (κ2) is 7.38. The van der Waals surface area contributed by atoms with E-state index in [9.17, 15) is 18.0 Å². The molecule has 0 aliphatic rings. The van der Waals surface area contributed by atoms with Crippen molar-refractivity contribution in [3.8, 4) is 5.75 Å².